The van der Waals surface area contributed by atoms with Crippen LogP contribution in [0.15, 0.2) is 29.4 Å². The fraction of sp³-hybridized carbons (Fsp3) is 0.353. The van der Waals surface area contributed by atoms with E-state index in [1.54, 1.807) is 0 Å². The zero-order valence-electron chi connectivity index (χ0n) is 13.7. The summed E-state index contributed by atoms with van der Waals surface area (Å²) in [6.45, 7) is 7.95. The van der Waals surface area contributed by atoms with E-state index in [1.807, 2.05) is 38.1 Å². The lowest BCUT2D eigenvalue weighted by Crippen LogP contribution is -2.14. The van der Waals surface area contributed by atoms with Crippen molar-refractivity contribution in [3.63, 3.8) is 0 Å². The quantitative estimate of drug-likeness (QED) is 0.546. The number of rotatable bonds is 5. The Balaban J connectivity index is 1.85. The van der Waals surface area contributed by atoms with Crippen molar-refractivity contribution in [1.82, 2.24) is 20.2 Å². The van der Waals surface area contributed by atoms with E-state index in [0.717, 1.165) is 28.0 Å². The Morgan fingerprint density at radius 3 is 2.65 bits per heavy atom. The van der Waals surface area contributed by atoms with Gasteiger partial charge in [0.15, 0.2) is 5.78 Å². The fourth-order valence-electron chi connectivity index (χ4n) is 2.58. The van der Waals surface area contributed by atoms with Crippen LogP contribution in [-0.4, -0.2) is 31.2 Å². The molecule has 3 rings (SSSR count). The van der Waals surface area contributed by atoms with Gasteiger partial charge in [0.1, 0.15) is 5.82 Å². The van der Waals surface area contributed by atoms with Gasteiger partial charge in [0.05, 0.1) is 5.25 Å². The van der Waals surface area contributed by atoms with Gasteiger partial charge in [0.2, 0.25) is 5.16 Å². The summed E-state index contributed by atoms with van der Waals surface area (Å²) >= 11 is 1.39. The Morgan fingerprint density at radius 1 is 1.22 bits per heavy atom. The molecular weight excluding hydrogens is 308 g/mol. The van der Waals surface area contributed by atoms with Crippen molar-refractivity contribution in [1.29, 1.82) is 0 Å². The highest BCUT2D eigenvalue weighted by Crippen LogP contribution is 2.28. The molecule has 2 N–H and O–H groups in total. The van der Waals surface area contributed by atoms with Crippen LogP contribution in [0.5, 0.6) is 0 Å². The van der Waals surface area contributed by atoms with Crippen LogP contribution in [0.3, 0.4) is 0 Å². The van der Waals surface area contributed by atoms with E-state index in [-0.39, 0.29) is 11.0 Å². The van der Waals surface area contributed by atoms with Gasteiger partial charge in [-0.15, -0.1) is 5.10 Å². The van der Waals surface area contributed by atoms with Crippen molar-refractivity contribution >= 4 is 28.4 Å². The summed E-state index contributed by atoms with van der Waals surface area (Å²) in [5, 5.41) is 8.46. The van der Waals surface area contributed by atoms with Crippen molar-refractivity contribution in [3.05, 3.63) is 41.3 Å². The lowest BCUT2D eigenvalue weighted by molar-refractivity contribution is 0.0995. The van der Waals surface area contributed by atoms with Crippen molar-refractivity contribution < 1.29 is 4.79 Å². The molecule has 0 unspecified atom stereocenters. The number of fused-ring (bicyclic) bond motifs is 1. The number of hydrogen-bond donors (Lipinski definition) is 2. The maximum Gasteiger partial charge on any atom is 0.209 e. The van der Waals surface area contributed by atoms with Crippen molar-refractivity contribution in [2.75, 3.05) is 0 Å². The number of thioether (sulfide) groups is 1. The van der Waals surface area contributed by atoms with Gasteiger partial charge in [-0.05, 0) is 19.9 Å². The molecule has 3 aromatic rings. The Labute approximate surface area is 139 Å². The van der Waals surface area contributed by atoms with Crippen LogP contribution in [-0.2, 0) is 0 Å². The number of para-hydroxylation sites is 1. The van der Waals surface area contributed by atoms with E-state index in [2.05, 4.69) is 34.0 Å². The molecule has 23 heavy (non-hydrogen) atoms. The summed E-state index contributed by atoms with van der Waals surface area (Å²) in [4.78, 5) is 20.6. The van der Waals surface area contributed by atoms with Crippen LogP contribution in [0.25, 0.3) is 10.9 Å². The first kappa shape index (κ1) is 15.8. The third kappa shape index (κ3) is 3.03. The number of aromatic amines is 2. The first-order valence-electron chi connectivity index (χ1n) is 7.68. The van der Waals surface area contributed by atoms with Crippen molar-refractivity contribution in [2.45, 2.75) is 44.0 Å². The molecule has 0 fully saturated rings. The largest absolute Gasteiger partial charge is 0.358 e. The first-order chi connectivity index (χ1) is 11.0. The standard InChI is InChI=1S/C17H20N4OS/c1-9(2)16-19-17(21-20-16)23-11(4)15(22)14-10(3)18-13-8-6-5-7-12(13)14/h5-9,11,18H,1-4H3,(H,19,20,21)/t11-/m1/s1. The zero-order valence-corrected chi connectivity index (χ0v) is 14.5. The van der Waals surface area contributed by atoms with Gasteiger partial charge < -0.3 is 4.98 Å². The number of Topliss-reactive ketones (excluding diaryl/α,β-unsaturated/α-hetero) is 1. The minimum atomic E-state index is -0.247. The summed E-state index contributed by atoms with van der Waals surface area (Å²) in [6.07, 6.45) is 0. The number of ketones is 1. The molecule has 0 saturated heterocycles. The first-order valence-corrected chi connectivity index (χ1v) is 8.55. The van der Waals surface area contributed by atoms with Crippen LogP contribution in [0, 0.1) is 6.92 Å². The molecule has 0 aliphatic rings. The molecule has 0 amide bonds. The van der Waals surface area contributed by atoms with Crippen molar-refractivity contribution in [3.8, 4) is 0 Å². The van der Waals surface area contributed by atoms with Crippen LogP contribution in [0.1, 0.15) is 48.6 Å². The minimum absolute atomic E-state index is 0.0980. The van der Waals surface area contributed by atoms with Gasteiger partial charge in [-0.1, -0.05) is 43.8 Å². The summed E-state index contributed by atoms with van der Waals surface area (Å²) in [5.74, 6) is 1.23. The molecule has 6 heteroatoms. The average molecular weight is 328 g/mol. The molecule has 5 nitrogen and oxygen atoms in total. The maximum absolute atomic E-state index is 12.9. The molecule has 0 radical (unpaired) electrons. The summed E-state index contributed by atoms with van der Waals surface area (Å²) < 4.78 is 0. The summed E-state index contributed by atoms with van der Waals surface area (Å²) in [7, 11) is 0. The maximum atomic E-state index is 12.9. The Morgan fingerprint density at radius 2 is 1.96 bits per heavy atom. The molecule has 120 valence electrons. The highest BCUT2D eigenvalue weighted by atomic mass is 32.2. The molecule has 0 aliphatic heterocycles. The number of nitrogens with one attached hydrogen (secondary N) is 2. The van der Waals surface area contributed by atoms with E-state index in [9.17, 15) is 4.79 Å². The molecule has 1 aromatic carbocycles. The normalized spacial score (nSPS) is 12.9. The number of aryl methyl sites for hydroxylation is 1. The Hall–Kier alpha value is -2.08. The predicted molar refractivity (Wildman–Crippen MR) is 93.2 cm³/mol. The topological polar surface area (TPSA) is 74.4 Å². The van der Waals surface area contributed by atoms with E-state index in [4.69, 9.17) is 0 Å². The van der Waals surface area contributed by atoms with Gasteiger partial charge in [0.25, 0.3) is 0 Å². The average Bonchev–Trinajstić information content (AvgIpc) is 3.10. The predicted octanol–water partition coefficient (Wildman–Crippen LogP) is 4.08. The molecular formula is C17H20N4OS. The second-order valence-electron chi connectivity index (χ2n) is 5.95. The number of nitrogens with zero attached hydrogens (tertiary/aromatic N) is 2. The third-order valence-electron chi connectivity index (χ3n) is 3.82. The lowest BCUT2D eigenvalue weighted by Gasteiger charge is -2.08. The number of hydrogen-bond acceptors (Lipinski definition) is 4. The van der Waals surface area contributed by atoms with E-state index in [0.29, 0.717) is 11.1 Å². The third-order valence-corrected chi connectivity index (χ3v) is 4.78. The molecule has 2 heterocycles. The van der Waals surface area contributed by atoms with E-state index in [1.165, 1.54) is 11.8 Å². The molecule has 0 saturated carbocycles. The number of benzene rings is 1. The Kier molecular flexibility index (Phi) is 4.26. The SMILES string of the molecule is Cc1[nH]c2ccccc2c1C(=O)[C@@H](C)Sc1n[nH]c(C(C)C)n1. The zero-order chi connectivity index (χ0) is 16.6. The van der Waals surface area contributed by atoms with Crippen LogP contribution in [0.4, 0.5) is 0 Å². The van der Waals surface area contributed by atoms with E-state index < -0.39 is 0 Å². The number of carbonyl (C=O) groups is 1. The molecule has 0 bridgehead atoms. The minimum Gasteiger partial charge on any atom is -0.358 e. The lowest BCUT2D eigenvalue weighted by atomic mass is 10.1. The number of carbonyl (C=O) groups excluding carboxylic acids is 1. The van der Waals surface area contributed by atoms with Crippen LogP contribution < -0.4 is 0 Å². The molecule has 0 spiro atoms. The summed E-state index contributed by atoms with van der Waals surface area (Å²) in [6, 6.07) is 7.88. The second kappa shape index (κ2) is 6.20. The van der Waals surface area contributed by atoms with Gasteiger partial charge in [-0.2, -0.15) is 0 Å². The van der Waals surface area contributed by atoms with E-state index >= 15 is 0 Å². The van der Waals surface area contributed by atoms with Gasteiger partial charge in [-0.3, -0.25) is 9.89 Å². The second-order valence-corrected chi connectivity index (χ2v) is 7.26. The van der Waals surface area contributed by atoms with Gasteiger partial charge in [0, 0.05) is 28.1 Å². The highest BCUT2D eigenvalue weighted by molar-refractivity contribution is 8.00. The monoisotopic (exact) mass is 328 g/mol. The number of H-pyrrole nitrogens is 2. The van der Waals surface area contributed by atoms with Gasteiger partial charge >= 0.3 is 0 Å². The molecule has 0 aliphatic carbocycles. The van der Waals surface area contributed by atoms with Gasteiger partial charge in [-0.25, -0.2) is 4.98 Å². The summed E-state index contributed by atoms with van der Waals surface area (Å²) in [5.41, 5.74) is 2.66. The highest BCUT2D eigenvalue weighted by Gasteiger charge is 2.23. The number of aromatic nitrogens is 4. The van der Waals surface area contributed by atoms with Crippen LogP contribution >= 0.6 is 11.8 Å². The fourth-order valence-corrected chi connectivity index (χ4v) is 3.37. The smallest absolute Gasteiger partial charge is 0.209 e. The Bertz CT molecular complexity index is 849. The van der Waals surface area contributed by atoms with Crippen LogP contribution in [0.2, 0.25) is 0 Å². The van der Waals surface area contributed by atoms with Crippen molar-refractivity contribution in [2.24, 2.45) is 0 Å². The molecule has 2 aromatic heterocycles. The molecule has 1 atom stereocenters.